The molecule has 0 unspecified atom stereocenters. The average Bonchev–Trinajstić information content (AvgIpc) is 2.29. The molecule has 0 bridgehead atoms. The molecule has 0 atom stereocenters. The highest BCUT2D eigenvalue weighted by Gasteiger charge is 2.06. The van der Waals surface area contributed by atoms with Crippen molar-refractivity contribution in [3.63, 3.8) is 0 Å². The molecule has 0 saturated carbocycles. The van der Waals surface area contributed by atoms with E-state index in [0.29, 0.717) is 0 Å². The third-order valence-electron chi connectivity index (χ3n) is 1.88. The molecule has 0 fully saturated rings. The standard InChI is InChI=1S/C8H8BrN3/c1-5-3-6(2)12-7(5)8(9)10-4-11-12/h3-4H,1-2H3. The van der Waals surface area contributed by atoms with Gasteiger partial charge in [-0.3, -0.25) is 0 Å². The minimum Gasteiger partial charge on any atom is -0.234 e. The van der Waals surface area contributed by atoms with Crippen LogP contribution >= 0.6 is 15.9 Å². The van der Waals surface area contributed by atoms with Crippen LogP contribution in [0.3, 0.4) is 0 Å². The van der Waals surface area contributed by atoms with Gasteiger partial charge in [0.2, 0.25) is 0 Å². The van der Waals surface area contributed by atoms with Crippen molar-refractivity contribution >= 4 is 21.4 Å². The van der Waals surface area contributed by atoms with Gasteiger partial charge in [0.05, 0.1) is 0 Å². The molecule has 0 amide bonds. The van der Waals surface area contributed by atoms with Crippen LogP contribution in [-0.2, 0) is 0 Å². The Morgan fingerprint density at radius 3 is 2.83 bits per heavy atom. The van der Waals surface area contributed by atoms with E-state index in [0.717, 1.165) is 15.8 Å². The van der Waals surface area contributed by atoms with Gasteiger partial charge in [-0.05, 0) is 41.4 Å². The minimum absolute atomic E-state index is 0.850. The number of aryl methyl sites for hydroxylation is 2. The molecule has 2 aromatic heterocycles. The van der Waals surface area contributed by atoms with Crippen molar-refractivity contribution in [1.29, 1.82) is 0 Å². The lowest BCUT2D eigenvalue weighted by atomic mass is 10.3. The average molecular weight is 226 g/mol. The van der Waals surface area contributed by atoms with Crippen LogP contribution in [0.25, 0.3) is 5.52 Å². The summed E-state index contributed by atoms with van der Waals surface area (Å²) in [4.78, 5) is 4.07. The predicted octanol–water partition coefficient (Wildman–Crippen LogP) is 2.11. The van der Waals surface area contributed by atoms with E-state index in [9.17, 15) is 0 Å². The van der Waals surface area contributed by atoms with Crippen molar-refractivity contribution in [2.75, 3.05) is 0 Å². The summed E-state index contributed by atoms with van der Waals surface area (Å²) >= 11 is 3.39. The summed E-state index contributed by atoms with van der Waals surface area (Å²) in [6, 6.07) is 2.09. The van der Waals surface area contributed by atoms with Crippen LogP contribution in [0.5, 0.6) is 0 Å². The van der Waals surface area contributed by atoms with Crippen LogP contribution in [0.2, 0.25) is 0 Å². The van der Waals surface area contributed by atoms with E-state index in [4.69, 9.17) is 0 Å². The van der Waals surface area contributed by atoms with Crippen LogP contribution in [0, 0.1) is 13.8 Å². The Morgan fingerprint density at radius 1 is 1.42 bits per heavy atom. The van der Waals surface area contributed by atoms with E-state index in [1.807, 2.05) is 11.4 Å². The van der Waals surface area contributed by atoms with Crippen LogP contribution < -0.4 is 0 Å². The second kappa shape index (κ2) is 2.55. The summed E-state index contributed by atoms with van der Waals surface area (Å²) < 4.78 is 2.73. The van der Waals surface area contributed by atoms with Crippen molar-refractivity contribution in [2.45, 2.75) is 13.8 Å². The second-order valence-electron chi connectivity index (χ2n) is 2.78. The highest BCUT2D eigenvalue weighted by molar-refractivity contribution is 9.10. The Hall–Kier alpha value is -0.900. The van der Waals surface area contributed by atoms with Crippen LogP contribution in [0.15, 0.2) is 17.0 Å². The number of rotatable bonds is 0. The molecule has 3 nitrogen and oxygen atoms in total. The van der Waals surface area contributed by atoms with Gasteiger partial charge in [-0.15, -0.1) is 0 Å². The number of hydrogen-bond acceptors (Lipinski definition) is 2. The Balaban J connectivity index is 2.99. The van der Waals surface area contributed by atoms with E-state index in [1.165, 1.54) is 5.56 Å². The molecule has 0 N–H and O–H groups in total. The maximum Gasteiger partial charge on any atom is 0.137 e. The van der Waals surface area contributed by atoms with Crippen LogP contribution in [0.4, 0.5) is 0 Å². The number of fused-ring (bicyclic) bond motifs is 1. The molecule has 0 aromatic carbocycles. The molecule has 2 rings (SSSR count). The summed E-state index contributed by atoms with van der Waals surface area (Å²) in [5.41, 5.74) is 3.38. The number of hydrogen-bond donors (Lipinski definition) is 0. The largest absolute Gasteiger partial charge is 0.234 e. The van der Waals surface area contributed by atoms with E-state index in [2.05, 4.69) is 39.0 Å². The summed E-state index contributed by atoms with van der Waals surface area (Å²) in [7, 11) is 0. The van der Waals surface area contributed by atoms with Gasteiger partial charge in [-0.2, -0.15) is 5.10 Å². The molecular formula is C8H8BrN3. The van der Waals surface area contributed by atoms with Crippen molar-refractivity contribution < 1.29 is 0 Å². The SMILES string of the molecule is Cc1cc(C)n2ncnc(Br)c12. The highest BCUT2D eigenvalue weighted by atomic mass is 79.9. The van der Waals surface area contributed by atoms with Crippen LogP contribution in [0.1, 0.15) is 11.3 Å². The first kappa shape index (κ1) is 7.73. The smallest absolute Gasteiger partial charge is 0.137 e. The third-order valence-corrected chi connectivity index (χ3v) is 2.46. The molecule has 12 heavy (non-hydrogen) atoms. The molecule has 0 spiro atoms. The lowest BCUT2D eigenvalue weighted by Crippen LogP contribution is -1.95. The Kier molecular flexibility index (Phi) is 1.65. The van der Waals surface area contributed by atoms with Crippen molar-refractivity contribution in [3.8, 4) is 0 Å². The first-order chi connectivity index (χ1) is 5.70. The number of nitrogens with zero attached hydrogens (tertiary/aromatic N) is 3. The fourth-order valence-electron chi connectivity index (χ4n) is 1.37. The molecule has 0 aliphatic rings. The van der Waals surface area contributed by atoms with Crippen molar-refractivity contribution in [1.82, 2.24) is 14.6 Å². The lowest BCUT2D eigenvalue weighted by Gasteiger charge is -1.97. The van der Waals surface area contributed by atoms with Gasteiger partial charge in [-0.1, -0.05) is 0 Å². The van der Waals surface area contributed by atoms with Crippen LogP contribution in [-0.4, -0.2) is 14.6 Å². The zero-order valence-corrected chi connectivity index (χ0v) is 8.46. The van der Waals surface area contributed by atoms with E-state index >= 15 is 0 Å². The van der Waals surface area contributed by atoms with E-state index in [1.54, 1.807) is 6.33 Å². The molecule has 0 aliphatic carbocycles. The molecule has 0 saturated heterocycles. The Bertz CT molecular complexity index is 433. The normalized spacial score (nSPS) is 10.9. The van der Waals surface area contributed by atoms with Gasteiger partial charge in [0, 0.05) is 5.69 Å². The van der Waals surface area contributed by atoms with E-state index in [-0.39, 0.29) is 0 Å². The first-order valence-corrected chi connectivity index (χ1v) is 4.45. The fourth-order valence-corrected chi connectivity index (χ4v) is 1.95. The summed E-state index contributed by atoms with van der Waals surface area (Å²) in [5.74, 6) is 0. The third kappa shape index (κ3) is 0.948. The fraction of sp³-hybridized carbons (Fsp3) is 0.250. The van der Waals surface area contributed by atoms with Crippen molar-refractivity contribution in [3.05, 3.63) is 28.3 Å². The quantitative estimate of drug-likeness (QED) is 0.688. The maximum absolute atomic E-state index is 4.14. The van der Waals surface area contributed by atoms with E-state index < -0.39 is 0 Å². The number of halogens is 1. The molecule has 2 heterocycles. The summed E-state index contributed by atoms with van der Waals surface area (Å²) in [6.07, 6.45) is 1.55. The summed E-state index contributed by atoms with van der Waals surface area (Å²) in [6.45, 7) is 4.08. The summed E-state index contributed by atoms with van der Waals surface area (Å²) in [5, 5.41) is 4.14. The monoisotopic (exact) mass is 225 g/mol. The number of aromatic nitrogens is 3. The Labute approximate surface area is 78.6 Å². The van der Waals surface area contributed by atoms with Gasteiger partial charge in [0.25, 0.3) is 0 Å². The van der Waals surface area contributed by atoms with Gasteiger partial charge in [-0.25, -0.2) is 9.50 Å². The molecule has 62 valence electrons. The molecule has 4 heteroatoms. The van der Waals surface area contributed by atoms with Gasteiger partial charge >= 0.3 is 0 Å². The highest BCUT2D eigenvalue weighted by Crippen LogP contribution is 2.20. The minimum atomic E-state index is 0.850. The molecule has 0 radical (unpaired) electrons. The molecular weight excluding hydrogens is 218 g/mol. The second-order valence-corrected chi connectivity index (χ2v) is 3.53. The van der Waals surface area contributed by atoms with Gasteiger partial charge < -0.3 is 0 Å². The maximum atomic E-state index is 4.14. The Morgan fingerprint density at radius 2 is 2.17 bits per heavy atom. The zero-order valence-electron chi connectivity index (χ0n) is 6.87. The van der Waals surface area contributed by atoms with Gasteiger partial charge in [0.1, 0.15) is 16.4 Å². The first-order valence-electron chi connectivity index (χ1n) is 3.65. The molecule has 0 aliphatic heterocycles. The topological polar surface area (TPSA) is 30.2 Å². The van der Waals surface area contributed by atoms with Crippen molar-refractivity contribution in [2.24, 2.45) is 0 Å². The van der Waals surface area contributed by atoms with Gasteiger partial charge in [0.15, 0.2) is 0 Å². The lowest BCUT2D eigenvalue weighted by molar-refractivity contribution is 0.863. The predicted molar refractivity (Wildman–Crippen MR) is 50.2 cm³/mol. The molecule has 2 aromatic rings. The zero-order chi connectivity index (χ0) is 8.72.